The van der Waals surface area contributed by atoms with E-state index in [1.165, 1.54) is 0 Å². The molecule has 0 heterocycles. The summed E-state index contributed by atoms with van der Waals surface area (Å²) in [5.74, 6) is -1.75. The molecule has 16 heavy (non-hydrogen) atoms. The Morgan fingerprint density at radius 1 is 1.31 bits per heavy atom. The molecule has 0 radical (unpaired) electrons. The number of carboxylic acid groups (broad SMARTS) is 1. The zero-order valence-electron chi connectivity index (χ0n) is 8.74. The minimum atomic E-state index is -2.38. The summed E-state index contributed by atoms with van der Waals surface area (Å²) in [4.78, 5) is 19.5. The predicted molar refractivity (Wildman–Crippen MR) is 60.6 cm³/mol. The maximum absolute atomic E-state index is 10.8. The number of carbonyl (C=O) groups is 1. The van der Waals surface area contributed by atoms with E-state index in [1.54, 1.807) is 0 Å². The summed E-state index contributed by atoms with van der Waals surface area (Å²) in [5, 5.41) is 8.86. The van der Waals surface area contributed by atoms with Crippen LogP contribution in [0.2, 0.25) is 0 Å². The quantitative estimate of drug-likeness (QED) is 0.747. The van der Waals surface area contributed by atoms with E-state index in [9.17, 15) is 9.36 Å². The standard InChI is InChI=1S/C11H13O4P/c12-11(13)10(8-16(14)15)7-6-9-4-2-1-3-5-9/h1-5,10H,6-8H2,(H-,12,13,14,15)/p+1. The van der Waals surface area contributed by atoms with Gasteiger partial charge in [0.15, 0.2) is 6.16 Å². The molecule has 0 aliphatic carbocycles. The first-order valence-electron chi connectivity index (χ1n) is 5.00. The van der Waals surface area contributed by atoms with Crippen molar-refractivity contribution in [2.75, 3.05) is 6.16 Å². The molecule has 0 aliphatic rings. The molecule has 4 nitrogen and oxygen atoms in total. The Labute approximate surface area is 94.8 Å². The summed E-state index contributed by atoms with van der Waals surface area (Å²) in [6.07, 6.45) is 0.833. The molecule has 1 aromatic rings. The summed E-state index contributed by atoms with van der Waals surface area (Å²) in [6, 6.07) is 9.49. The van der Waals surface area contributed by atoms with Crippen LogP contribution >= 0.6 is 8.03 Å². The number of hydrogen-bond acceptors (Lipinski definition) is 2. The van der Waals surface area contributed by atoms with E-state index in [4.69, 9.17) is 10.00 Å². The first-order chi connectivity index (χ1) is 7.59. The van der Waals surface area contributed by atoms with Crippen LogP contribution in [0, 0.1) is 5.92 Å². The number of hydrogen-bond donors (Lipinski definition) is 2. The van der Waals surface area contributed by atoms with Crippen LogP contribution in [0.3, 0.4) is 0 Å². The maximum atomic E-state index is 10.8. The number of benzene rings is 1. The number of aliphatic carboxylic acids is 1. The molecule has 1 aromatic carbocycles. The van der Waals surface area contributed by atoms with Crippen molar-refractivity contribution in [1.82, 2.24) is 0 Å². The van der Waals surface area contributed by atoms with Gasteiger partial charge < -0.3 is 5.11 Å². The molecule has 1 rings (SSSR count). The molecule has 2 unspecified atom stereocenters. The van der Waals surface area contributed by atoms with Crippen LogP contribution in [0.1, 0.15) is 12.0 Å². The highest BCUT2D eigenvalue weighted by atomic mass is 31.1. The lowest BCUT2D eigenvalue weighted by Crippen LogP contribution is -2.17. The molecule has 0 bridgehead atoms. The monoisotopic (exact) mass is 241 g/mol. The minimum Gasteiger partial charge on any atom is -0.481 e. The zero-order valence-corrected chi connectivity index (χ0v) is 9.64. The molecule has 0 amide bonds. The van der Waals surface area contributed by atoms with Gasteiger partial charge in [-0.25, -0.2) is 0 Å². The summed E-state index contributed by atoms with van der Waals surface area (Å²) < 4.78 is 10.6. The molecule has 0 aromatic heterocycles. The van der Waals surface area contributed by atoms with E-state index >= 15 is 0 Å². The fourth-order valence-corrected chi connectivity index (χ4v) is 2.18. The van der Waals surface area contributed by atoms with Gasteiger partial charge in [0, 0.05) is 0 Å². The molecule has 0 saturated carbocycles. The second kappa shape index (κ2) is 6.36. The van der Waals surface area contributed by atoms with Crippen molar-refractivity contribution in [3.63, 3.8) is 0 Å². The normalized spacial score (nSPS) is 13.2. The van der Waals surface area contributed by atoms with Crippen LogP contribution in [0.25, 0.3) is 0 Å². The van der Waals surface area contributed by atoms with E-state index < -0.39 is 19.9 Å². The van der Waals surface area contributed by atoms with Crippen LogP contribution in [0.15, 0.2) is 30.3 Å². The second-order valence-corrected chi connectivity index (χ2v) is 4.66. The average Bonchev–Trinajstić information content (AvgIpc) is 2.25. The topological polar surface area (TPSA) is 74.6 Å². The number of aryl methyl sites for hydroxylation is 1. The van der Waals surface area contributed by atoms with Gasteiger partial charge in [-0.2, -0.15) is 4.89 Å². The van der Waals surface area contributed by atoms with E-state index in [2.05, 4.69) is 0 Å². The van der Waals surface area contributed by atoms with Gasteiger partial charge in [0.1, 0.15) is 5.92 Å². The van der Waals surface area contributed by atoms with Crippen molar-refractivity contribution in [3.8, 4) is 0 Å². The summed E-state index contributed by atoms with van der Waals surface area (Å²) in [7, 11) is -2.38. The maximum Gasteiger partial charge on any atom is 0.506 e. The molecule has 0 fully saturated rings. The van der Waals surface area contributed by atoms with Gasteiger partial charge in [0.25, 0.3) is 0 Å². The molecular formula is C11H14O4P+. The van der Waals surface area contributed by atoms with Gasteiger partial charge in [-0.15, -0.1) is 0 Å². The van der Waals surface area contributed by atoms with E-state index in [0.29, 0.717) is 12.8 Å². The average molecular weight is 241 g/mol. The molecule has 2 atom stereocenters. The SMILES string of the molecule is O=C(O)C(CCc1ccccc1)C[P+](=O)O. The number of rotatable bonds is 6. The summed E-state index contributed by atoms with van der Waals surface area (Å²) in [5.41, 5.74) is 1.04. The molecule has 0 saturated heterocycles. The third-order valence-corrected chi connectivity index (χ3v) is 3.10. The van der Waals surface area contributed by atoms with Crippen LogP contribution in [0.4, 0.5) is 0 Å². The van der Waals surface area contributed by atoms with E-state index in [-0.39, 0.29) is 6.16 Å². The fourth-order valence-electron chi connectivity index (χ4n) is 1.47. The van der Waals surface area contributed by atoms with Crippen molar-refractivity contribution in [1.29, 1.82) is 0 Å². The van der Waals surface area contributed by atoms with Gasteiger partial charge in [-0.1, -0.05) is 30.3 Å². The van der Waals surface area contributed by atoms with Crippen LogP contribution in [-0.2, 0) is 15.8 Å². The highest BCUT2D eigenvalue weighted by Crippen LogP contribution is 2.22. The Morgan fingerprint density at radius 2 is 1.94 bits per heavy atom. The molecule has 0 spiro atoms. The molecule has 2 N–H and O–H groups in total. The highest BCUT2D eigenvalue weighted by Gasteiger charge is 2.27. The third-order valence-electron chi connectivity index (χ3n) is 2.35. The van der Waals surface area contributed by atoms with Crippen molar-refractivity contribution in [3.05, 3.63) is 35.9 Å². The lowest BCUT2D eigenvalue weighted by atomic mass is 10.0. The first-order valence-corrected chi connectivity index (χ1v) is 6.39. The predicted octanol–water partition coefficient (Wildman–Crippen LogP) is 2.05. The van der Waals surface area contributed by atoms with Gasteiger partial charge in [0.2, 0.25) is 0 Å². The van der Waals surface area contributed by atoms with Crippen molar-refractivity contribution >= 4 is 14.0 Å². The Bertz CT molecular complexity index is 364. The van der Waals surface area contributed by atoms with Crippen molar-refractivity contribution in [2.24, 2.45) is 5.92 Å². The van der Waals surface area contributed by atoms with Crippen molar-refractivity contribution in [2.45, 2.75) is 12.8 Å². The highest BCUT2D eigenvalue weighted by molar-refractivity contribution is 7.38. The third kappa shape index (κ3) is 4.51. The molecule has 86 valence electrons. The molecule has 0 aliphatic heterocycles. The first kappa shape index (κ1) is 12.8. The fraction of sp³-hybridized carbons (Fsp3) is 0.364. The van der Waals surface area contributed by atoms with Crippen molar-refractivity contribution < 1.29 is 19.4 Å². The number of carboxylic acids is 1. The van der Waals surface area contributed by atoms with Gasteiger partial charge in [0.05, 0.1) is 0 Å². The Morgan fingerprint density at radius 3 is 2.44 bits per heavy atom. The van der Waals surface area contributed by atoms with Gasteiger partial charge in [-0.3, -0.25) is 4.79 Å². The molecule has 5 heteroatoms. The lowest BCUT2D eigenvalue weighted by Gasteiger charge is -2.05. The molecular weight excluding hydrogens is 227 g/mol. The minimum absolute atomic E-state index is 0.169. The Hall–Kier alpha value is -1.25. The van der Waals surface area contributed by atoms with Crippen LogP contribution in [-0.4, -0.2) is 22.1 Å². The van der Waals surface area contributed by atoms with Gasteiger partial charge >= 0.3 is 14.0 Å². The van der Waals surface area contributed by atoms with Crippen LogP contribution < -0.4 is 0 Å². The zero-order chi connectivity index (χ0) is 12.0. The van der Waals surface area contributed by atoms with E-state index in [0.717, 1.165) is 5.56 Å². The van der Waals surface area contributed by atoms with E-state index in [1.807, 2.05) is 30.3 Å². The largest absolute Gasteiger partial charge is 0.506 e. The summed E-state index contributed by atoms with van der Waals surface area (Å²) >= 11 is 0. The lowest BCUT2D eigenvalue weighted by molar-refractivity contribution is -0.141. The smallest absolute Gasteiger partial charge is 0.481 e. The van der Waals surface area contributed by atoms with Gasteiger partial charge in [-0.05, 0) is 23.0 Å². The summed E-state index contributed by atoms with van der Waals surface area (Å²) in [6.45, 7) is 0. The Balaban J connectivity index is 2.50. The second-order valence-electron chi connectivity index (χ2n) is 3.59. The Kier molecular flexibility index (Phi) is 5.09. The van der Waals surface area contributed by atoms with Crippen LogP contribution in [0.5, 0.6) is 0 Å².